The monoisotopic (exact) mass is 417 g/mol. The van der Waals surface area contributed by atoms with E-state index in [1.54, 1.807) is 31.2 Å². The van der Waals surface area contributed by atoms with Crippen LogP contribution in [-0.2, 0) is 22.4 Å². The van der Waals surface area contributed by atoms with Gasteiger partial charge >= 0.3 is 5.97 Å². The maximum atomic E-state index is 12.5. The van der Waals surface area contributed by atoms with Crippen LogP contribution in [0.2, 0.25) is 0 Å². The summed E-state index contributed by atoms with van der Waals surface area (Å²) in [5.41, 5.74) is 1.53. The van der Waals surface area contributed by atoms with Crippen LogP contribution in [0.15, 0.2) is 24.3 Å². The number of benzene rings is 1. The van der Waals surface area contributed by atoms with E-state index in [0.29, 0.717) is 35.4 Å². The van der Waals surface area contributed by atoms with Gasteiger partial charge in [-0.15, -0.1) is 11.3 Å². The highest BCUT2D eigenvalue weighted by Crippen LogP contribution is 2.40. The van der Waals surface area contributed by atoms with Crippen molar-refractivity contribution in [3.8, 4) is 11.5 Å². The summed E-state index contributed by atoms with van der Waals surface area (Å²) >= 11 is 1.47. The highest BCUT2D eigenvalue weighted by molar-refractivity contribution is 7.17. The number of hydrogen-bond donors (Lipinski definition) is 1. The first-order valence-electron chi connectivity index (χ1n) is 9.98. The summed E-state index contributed by atoms with van der Waals surface area (Å²) < 4.78 is 16.2. The minimum Gasteiger partial charge on any atom is -0.494 e. The van der Waals surface area contributed by atoms with Gasteiger partial charge in [0.05, 0.1) is 18.8 Å². The third kappa shape index (κ3) is 5.29. The Morgan fingerprint density at radius 3 is 2.45 bits per heavy atom. The van der Waals surface area contributed by atoms with Crippen molar-refractivity contribution >= 4 is 28.2 Å². The number of rotatable bonds is 8. The van der Waals surface area contributed by atoms with E-state index in [9.17, 15) is 9.59 Å². The summed E-state index contributed by atoms with van der Waals surface area (Å²) in [6.45, 7) is 6.65. The normalized spacial score (nSPS) is 15.3. The minimum absolute atomic E-state index is 0.144. The van der Waals surface area contributed by atoms with Crippen LogP contribution in [0.3, 0.4) is 0 Å². The summed E-state index contributed by atoms with van der Waals surface area (Å²) in [5, 5.41) is 3.41. The van der Waals surface area contributed by atoms with E-state index in [2.05, 4.69) is 12.2 Å². The third-order valence-electron chi connectivity index (χ3n) is 4.75. The fourth-order valence-corrected chi connectivity index (χ4v) is 4.78. The summed E-state index contributed by atoms with van der Waals surface area (Å²) in [7, 11) is 0. The number of anilines is 1. The second-order valence-electron chi connectivity index (χ2n) is 7.02. The van der Waals surface area contributed by atoms with Crippen molar-refractivity contribution in [1.82, 2.24) is 0 Å². The molecule has 1 aliphatic rings. The van der Waals surface area contributed by atoms with Gasteiger partial charge in [-0.3, -0.25) is 4.79 Å². The van der Waals surface area contributed by atoms with Crippen molar-refractivity contribution in [2.45, 2.75) is 40.0 Å². The molecule has 0 spiro atoms. The molecule has 0 saturated carbocycles. The number of nitrogens with one attached hydrogen (secondary N) is 1. The molecule has 1 heterocycles. The van der Waals surface area contributed by atoms with Gasteiger partial charge in [0.25, 0.3) is 5.91 Å². The molecule has 1 aromatic carbocycles. The van der Waals surface area contributed by atoms with E-state index in [-0.39, 0.29) is 18.5 Å². The van der Waals surface area contributed by atoms with Crippen LogP contribution in [0.25, 0.3) is 0 Å². The lowest BCUT2D eigenvalue weighted by atomic mass is 9.88. The molecule has 29 heavy (non-hydrogen) atoms. The minimum atomic E-state index is -0.373. The molecular formula is C22H27NO5S. The van der Waals surface area contributed by atoms with Crippen molar-refractivity contribution in [2.24, 2.45) is 5.92 Å². The number of hydrogen-bond acceptors (Lipinski definition) is 6. The SMILES string of the molecule is CCOC(=O)c1c(NC(=O)COc2ccc(OCC)cc2)sc2c1CCC(C)C2. The Bertz CT molecular complexity index is 859. The molecule has 7 heteroatoms. The zero-order chi connectivity index (χ0) is 20.8. The lowest BCUT2D eigenvalue weighted by Gasteiger charge is -2.18. The number of esters is 1. The third-order valence-corrected chi connectivity index (χ3v) is 5.92. The summed E-state index contributed by atoms with van der Waals surface area (Å²) in [6.07, 6.45) is 2.79. The molecule has 1 N–H and O–H groups in total. The van der Waals surface area contributed by atoms with Crippen molar-refractivity contribution in [3.05, 3.63) is 40.3 Å². The molecule has 0 bridgehead atoms. The molecule has 156 valence electrons. The zero-order valence-corrected chi connectivity index (χ0v) is 17.9. The summed E-state index contributed by atoms with van der Waals surface area (Å²) in [4.78, 5) is 26.1. The van der Waals surface area contributed by atoms with Crippen molar-refractivity contribution < 1.29 is 23.8 Å². The molecule has 6 nitrogen and oxygen atoms in total. The molecule has 0 fully saturated rings. The Labute approximate surface area is 175 Å². The molecule has 1 unspecified atom stereocenters. The van der Waals surface area contributed by atoms with Crippen LogP contribution < -0.4 is 14.8 Å². The number of carbonyl (C=O) groups is 2. The second-order valence-corrected chi connectivity index (χ2v) is 8.12. The van der Waals surface area contributed by atoms with Crippen LogP contribution in [-0.4, -0.2) is 31.7 Å². The molecule has 0 aliphatic heterocycles. The van der Waals surface area contributed by atoms with E-state index in [1.165, 1.54) is 11.3 Å². The van der Waals surface area contributed by atoms with Crippen LogP contribution in [0, 0.1) is 5.92 Å². The average molecular weight is 418 g/mol. The standard InChI is InChI=1S/C22H27NO5S/c1-4-26-15-7-9-16(10-8-15)28-13-19(24)23-21-20(22(25)27-5-2)17-11-6-14(3)12-18(17)29-21/h7-10,14H,4-6,11-13H2,1-3H3,(H,23,24). The Hall–Kier alpha value is -2.54. The van der Waals surface area contributed by atoms with Gasteiger partial charge in [-0.05, 0) is 68.9 Å². The first-order chi connectivity index (χ1) is 14.0. The Balaban J connectivity index is 1.68. The quantitative estimate of drug-likeness (QED) is 0.642. The molecule has 1 amide bonds. The fraction of sp³-hybridized carbons (Fsp3) is 0.455. The highest BCUT2D eigenvalue weighted by Gasteiger charge is 2.29. The molecule has 0 radical (unpaired) electrons. The first kappa shape index (κ1) is 21.2. The van der Waals surface area contributed by atoms with E-state index in [4.69, 9.17) is 14.2 Å². The number of carbonyl (C=O) groups excluding carboxylic acids is 2. The largest absolute Gasteiger partial charge is 0.494 e. The molecular weight excluding hydrogens is 390 g/mol. The fourth-order valence-electron chi connectivity index (χ4n) is 3.37. The second kappa shape index (κ2) is 9.78. The smallest absolute Gasteiger partial charge is 0.341 e. The maximum absolute atomic E-state index is 12.5. The van der Waals surface area contributed by atoms with Gasteiger partial charge in [-0.1, -0.05) is 6.92 Å². The van der Waals surface area contributed by atoms with Crippen LogP contribution in [0.4, 0.5) is 5.00 Å². The van der Waals surface area contributed by atoms with Gasteiger partial charge in [0.2, 0.25) is 0 Å². The molecule has 3 rings (SSSR count). The van der Waals surface area contributed by atoms with Gasteiger partial charge in [0, 0.05) is 4.88 Å². The molecule has 1 atom stereocenters. The first-order valence-corrected chi connectivity index (χ1v) is 10.8. The molecule has 2 aromatic rings. The lowest BCUT2D eigenvalue weighted by molar-refractivity contribution is -0.118. The summed E-state index contributed by atoms with van der Waals surface area (Å²) in [6, 6.07) is 7.11. The van der Waals surface area contributed by atoms with Crippen LogP contribution in [0.1, 0.15) is 48.0 Å². The Kier molecular flexibility index (Phi) is 7.14. The summed E-state index contributed by atoms with van der Waals surface area (Å²) in [5.74, 6) is 1.22. The van der Waals surface area contributed by atoms with E-state index < -0.39 is 0 Å². The molecule has 1 aliphatic carbocycles. The van der Waals surface area contributed by atoms with Crippen molar-refractivity contribution in [3.63, 3.8) is 0 Å². The predicted molar refractivity (Wildman–Crippen MR) is 113 cm³/mol. The van der Waals surface area contributed by atoms with E-state index in [1.807, 2.05) is 6.92 Å². The zero-order valence-electron chi connectivity index (χ0n) is 17.1. The van der Waals surface area contributed by atoms with Gasteiger partial charge < -0.3 is 19.5 Å². The Morgan fingerprint density at radius 2 is 1.79 bits per heavy atom. The topological polar surface area (TPSA) is 73.9 Å². The van der Waals surface area contributed by atoms with Crippen molar-refractivity contribution in [1.29, 1.82) is 0 Å². The van der Waals surface area contributed by atoms with Crippen LogP contribution >= 0.6 is 11.3 Å². The van der Waals surface area contributed by atoms with E-state index in [0.717, 1.165) is 35.5 Å². The lowest BCUT2D eigenvalue weighted by Crippen LogP contribution is -2.21. The maximum Gasteiger partial charge on any atom is 0.341 e. The number of thiophene rings is 1. The number of amides is 1. The highest BCUT2D eigenvalue weighted by atomic mass is 32.1. The predicted octanol–water partition coefficient (Wildman–Crippen LogP) is 4.47. The average Bonchev–Trinajstić information content (AvgIpc) is 3.04. The van der Waals surface area contributed by atoms with Gasteiger partial charge in [-0.2, -0.15) is 0 Å². The molecule has 0 saturated heterocycles. The van der Waals surface area contributed by atoms with Gasteiger partial charge in [0.15, 0.2) is 6.61 Å². The number of fused-ring (bicyclic) bond motifs is 1. The van der Waals surface area contributed by atoms with E-state index >= 15 is 0 Å². The Morgan fingerprint density at radius 1 is 1.10 bits per heavy atom. The van der Waals surface area contributed by atoms with Gasteiger partial charge in [-0.25, -0.2) is 4.79 Å². The number of ether oxygens (including phenoxy) is 3. The molecule has 1 aromatic heterocycles. The van der Waals surface area contributed by atoms with Gasteiger partial charge in [0.1, 0.15) is 16.5 Å². The van der Waals surface area contributed by atoms with Crippen molar-refractivity contribution in [2.75, 3.05) is 25.1 Å². The van der Waals surface area contributed by atoms with Crippen LogP contribution in [0.5, 0.6) is 11.5 Å².